The van der Waals surface area contributed by atoms with E-state index in [2.05, 4.69) is 39.5 Å². The molecule has 1 unspecified atom stereocenters. The second kappa shape index (κ2) is 6.75. The molecule has 4 rings (SSSR count). The minimum absolute atomic E-state index is 0.443. The maximum Gasteiger partial charge on any atom is 0.0952 e. The van der Waals surface area contributed by atoms with Crippen LogP contribution in [0.3, 0.4) is 0 Å². The van der Waals surface area contributed by atoms with E-state index in [1.807, 2.05) is 0 Å². The second-order valence-electron chi connectivity index (χ2n) is 6.83. The Labute approximate surface area is 142 Å². The van der Waals surface area contributed by atoms with Gasteiger partial charge in [-0.2, -0.15) is 11.3 Å². The summed E-state index contributed by atoms with van der Waals surface area (Å²) in [5.74, 6) is 1.32. The van der Waals surface area contributed by atoms with Crippen molar-refractivity contribution in [1.29, 1.82) is 0 Å². The van der Waals surface area contributed by atoms with E-state index in [-0.39, 0.29) is 0 Å². The number of nitrogens with zero attached hydrogens (tertiary/aromatic N) is 3. The van der Waals surface area contributed by atoms with Gasteiger partial charge in [0.25, 0.3) is 0 Å². The molecule has 5 heteroatoms. The summed E-state index contributed by atoms with van der Waals surface area (Å²) in [6.07, 6.45) is 4.83. The standard InChI is InChI=1S/C18H25N3OS/c1-2-22-11-16-9-20(7-15-5-6-23-12-15)10-17-18(16)21(13-19-17)8-14-3-4-14/h5-6,12-14,16H,2-4,7-11H2,1H3. The average Bonchev–Trinajstić information content (AvgIpc) is 3.05. The number of ether oxygens (including phenoxy) is 1. The van der Waals surface area contributed by atoms with Gasteiger partial charge >= 0.3 is 0 Å². The fraction of sp³-hybridized carbons (Fsp3) is 0.611. The second-order valence-corrected chi connectivity index (χ2v) is 7.61. The number of hydrogen-bond donors (Lipinski definition) is 0. The largest absolute Gasteiger partial charge is 0.381 e. The van der Waals surface area contributed by atoms with Crippen LogP contribution in [0.4, 0.5) is 0 Å². The zero-order valence-electron chi connectivity index (χ0n) is 13.8. The van der Waals surface area contributed by atoms with Gasteiger partial charge in [0, 0.05) is 44.4 Å². The lowest BCUT2D eigenvalue weighted by Crippen LogP contribution is -2.36. The van der Waals surface area contributed by atoms with Gasteiger partial charge in [0.15, 0.2) is 0 Å². The summed E-state index contributed by atoms with van der Waals surface area (Å²) in [4.78, 5) is 7.26. The molecular weight excluding hydrogens is 306 g/mol. The van der Waals surface area contributed by atoms with Gasteiger partial charge in [0.1, 0.15) is 0 Å². The predicted molar refractivity (Wildman–Crippen MR) is 92.6 cm³/mol. The molecule has 0 spiro atoms. The molecule has 0 N–H and O–H groups in total. The lowest BCUT2D eigenvalue weighted by molar-refractivity contribution is 0.102. The van der Waals surface area contributed by atoms with Crippen LogP contribution in [0.5, 0.6) is 0 Å². The third kappa shape index (κ3) is 3.52. The molecule has 1 aliphatic carbocycles. The quantitative estimate of drug-likeness (QED) is 0.778. The van der Waals surface area contributed by atoms with Crippen LogP contribution in [0.25, 0.3) is 0 Å². The minimum Gasteiger partial charge on any atom is -0.381 e. The fourth-order valence-electron chi connectivity index (χ4n) is 3.58. The monoisotopic (exact) mass is 331 g/mol. The Morgan fingerprint density at radius 2 is 2.30 bits per heavy atom. The van der Waals surface area contributed by atoms with Crippen LogP contribution in [0.15, 0.2) is 23.2 Å². The summed E-state index contributed by atoms with van der Waals surface area (Å²) in [6.45, 7) is 7.86. The molecule has 1 fully saturated rings. The molecule has 2 aromatic heterocycles. The van der Waals surface area contributed by atoms with Gasteiger partial charge in [-0.05, 0) is 48.1 Å². The van der Waals surface area contributed by atoms with E-state index in [0.29, 0.717) is 5.92 Å². The zero-order chi connectivity index (χ0) is 15.6. The molecule has 0 aromatic carbocycles. The maximum atomic E-state index is 5.79. The summed E-state index contributed by atoms with van der Waals surface area (Å²) in [7, 11) is 0. The van der Waals surface area contributed by atoms with E-state index < -0.39 is 0 Å². The van der Waals surface area contributed by atoms with Gasteiger partial charge in [0.05, 0.1) is 18.6 Å². The number of fused-ring (bicyclic) bond motifs is 1. The van der Waals surface area contributed by atoms with Gasteiger partial charge < -0.3 is 9.30 Å². The average molecular weight is 331 g/mol. The zero-order valence-corrected chi connectivity index (χ0v) is 14.6. The SMILES string of the molecule is CCOCC1CN(Cc2ccsc2)Cc2ncn(CC3CC3)c21. The van der Waals surface area contributed by atoms with Gasteiger partial charge in [-0.15, -0.1) is 0 Å². The predicted octanol–water partition coefficient (Wildman–Crippen LogP) is 3.49. The Morgan fingerprint density at radius 1 is 1.39 bits per heavy atom. The summed E-state index contributed by atoms with van der Waals surface area (Å²) in [5.41, 5.74) is 4.11. The molecule has 1 aliphatic heterocycles. The number of imidazole rings is 1. The third-order valence-electron chi connectivity index (χ3n) is 4.86. The molecule has 4 nitrogen and oxygen atoms in total. The van der Waals surface area contributed by atoms with E-state index in [1.165, 1.54) is 29.8 Å². The van der Waals surface area contributed by atoms with Crippen molar-refractivity contribution in [1.82, 2.24) is 14.5 Å². The van der Waals surface area contributed by atoms with Gasteiger partial charge in [-0.25, -0.2) is 4.98 Å². The molecule has 0 saturated heterocycles. The fourth-order valence-corrected chi connectivity index (χ4v) is 4.24. The molecule has 3 heterocycles. The summed E-state index contributed by atoms with van der Waals surface area (Å²) in [5, 5.41) is 4.41. The molecule has 0 bridgehead atoms. The summed E-state index contributed by atoms with van der Waals surface area (Å²) in [6, 6.07) is 2.23. The Morgan fingerprint density at radius 3 is 3.04 bits per heavy atom. The van der Waals surface area contributed by atoms with Gasteiger partial charge in [-0.1, -0.05) is 0 Å². The van der Waals surface area contributed by atoms with Crippen molar-refractivity contribution in [2.75, 3.05) is 19.8 Å². The first kappa shape index (κ1) is 15.4. The van der Waals surface area contributed by atoms with Gasteiger partial charge in [-0.3, -0.25) is 4.90 Å². The van der Waals surface area contributed by atoms with E-state index in [1.54, 1.807) is 11.3 Å². The topological polar surface area (TPSA) is 30.3 Å². The molecule has 0 radical (unpaired) electrons. The molecule has 1 saturated carbocycles. The first-order valence-corrected chi connectivity index (χ1v) is 9.62. The van der Waals surface area contributed by atoms with E-state index in [4.69, 9.17) is 9.72 Å². The van der Waals surface area contributed by atoms with Crippen molar-refractivity contribution in [2.24, 2.45) is 5.92 Å². The molecular formula is C18H25N3OS. The first-order valence-electron chi connectivity index (χ1n) is 8.68. The Kier molecular flexibility index (Phi) is 4.51. The van der Waals surface area contributed by atoms with Crippen molar-refractivity contribution < 1.29 is 4.74 Å². The maximum absolute atomic E-state index is 5.79. The highest BCUT2D eigenvalue weighted by atomic mass is 32.1. The highest BCUT2D eigenvalue weighted by Gasteiger charge is 2.31. The van der Waals surface area contributed by atoms with Crippen LogP contribution in [0.2, 0.25) is 0 Å². The Balaban J connectivity index is 1.54. The number of thiophene rings is 1. The van der Waals surface area contributed by atoms with Crippen molar-refractivity contribution in [3.05, 3.63) is 40.1 Å². The number of hydrogen-bond acceptors (Lipinski definition) is 4. The molecule has 2 aromatic rings. The smallest absolute Gasteiger partial charge is 0.0952 e. The number of rotatable bonds is 7. The van der Waals surface area contributed by atoms with Gasteiger partial charge in [0.2, 0.25) is 0 Å². The Hall–Kier alpha value is -1.17. The van der Waals surface area contributed by atoms with Crippen LogP contribution in [-0.2, 0) is 24.4 Å². The normalized spacial score (nSPS) is 21.5. The van der Waals surface area contributed by atoms with Crippen LogP contribution < -0.4 is 0 Å². The first-order chi connectivity index (χ1) is 11.3. The summed E-state index contributed by atoms with van der Waals surface area (Å²) >= 11 is 1.78. The minimum atomic E-state index is 0.443. The molecule has 1 atom stereocenters. The number of aromatic nitrogens is 2. The lowest BCUT2D eigenvalue weighted by Gasteiger charge is -2.33. The summed E-state index contributed by atoms with van der Waals surface area (Å²) < 4.78 is 8.21. The van der Waals surface area contributed by atoms with Crippen molar-refractivity contribution in [3.63, 3.8) is 0 Å². The van der Waals surface area contributed by atoms with E-state index in [9.17, 15) is 0 Å². The molecule has 2 aliphatic rings. The van der Waals surface area contributed by atoms with Crippen molar-refractivity contribution in [3.8, 4) is 0 Å². The van der Waals surface area contributed by atoms with Crippen LogP contribution >= 0.6 is 11.3 Å². The Bertz CT molecular complexity index is 633. The lowest BCUT2D eigenvalue weighted by atomic mass is 9.98. The molecule has 124 valence electrons. The highest BCUT2D eigenvalue weighted by Crippen LogP contribution is 2.34. The van der Waals surface area contributed by atoms with Crippen LogP contribution in [-0.4, -0.2) is 34.2 Å². The van der Waals surface area contributed by atoms with E-state index in [0.717, 1.165) is 45.3 Å². The van der Waals surface area contributed by atoms with E-state index >= 15 is 0 Å². The van der Waals surface area contributed by atoms with Crippen LogP contribution in [0.1, 0.15) is 42.6 Å². The van der Waals surface area contributed by atoms with Crippen molar-refractivity contribution in [2.45, 2.75) is 45.3 Å². The van der Waals surface area contributed by atoms with Crippen molar-refractivity contribution >= 4 is 11.3 Å². The van der Waals surface area contributed by atoms with Crippen LogP contribution in [0, 0.1) is 5.92 Å². The molecule has 0 amide bonds. The molecule has 23 heavy (non-hydrogen) atoms. The third-order valence-corrected chi connectivity index (χ3v) is 5.59. The highest BCUT2D eigenvalue weighted by molar-refractivity contribution is 7.07.